The van der Waals surface area contributed by atoms with Crippen LogP contribution in [0.5, 0.6) is 0 Å². The molecular weight excluding hydrogens is 296 g/mol. The Bertz CT molecular complexity index is 942. The Morgan fingerprint density at radius 2 is 2.09 bits per heavy atom. The van der Waals surface area contributed by atoms with Gasteiger partial charge in [0.05, 0.1) is 17.6 Å². The summed E-state index contributed by atoms with van der Waals surface area (Å²) >= 11 is 1.52. The maximum atomic E-state index is 4.54. The Labute approximate surface area is 130 Å². The number of rotatable bonds is 3. The van der Waals surface area contributed by atoms with Crippen molar-refractivity contribution in [1.29, 1.82) is 0 Å². The van der Waals surface area contributed by atoms with Crippen LogP contribution in [0.25, 0.3) is 33.5 Å². The van der Waals surface area contributed by atoms with Crippen LogP contribution < -0.4 is 0 Å². The minimum Gasteiger partial charge on any atom is -0.346 e. The third-order valence-corrected chi connectivity index (χ3v) is 3.98. The van der Waals surface area contributed by atoms with Crippen LogP contribution in [0, 0.1) is 0 Å². The molecule has 4 heterocycles. The van der Waals surface area contributed by atoms with E-state index in [9.17, 15) is 0 Å². The van der Waals surface area contributed by atoms with E-state index in [1.54, 1.807) is 12.4 Å². The lowest BCUT2D eigenvalue weighted by atomic mass is 10.1. The van der Waals surface area contributed by atoms with Crippen LogP contribution >= 0.6 is 11.8 Å². The van der Waals surface area contributed by atoms with Crippen molar-refractivity contribution in [1.82, 2.24) is 30.1 Å². The van der Waals surface area contributed by atoms with Gasteiger partial charge < -0.3 is 4.98 Å². The third kappa shape index (κ3) is 2.15. The van der Waals surface area contributed by atoms with Crippen molar-refractivity contribution < 1.29 is 0 Å². The van der Waals surface area contributed by atoms with Crippen molar-refractivity contribution >= 4 is 22.8 Å². The number of H-pyrrole nitrogens is 2. The van der Waals surface area contributed by atoms with Gasteiger partial charge in [-0.05, 0) is 24.5 Å². The summed E-state index contributed by atoms with van der Waals surface area (Å²) in [7, 11) is 0. The van der Waals surface area contributed by atoms with Gasteiger partial charge >= 0.3 is 0 Å². The predicted molar refractivity (Wildman–Crippen MR) is 86.5 cm³/mol. The fraction of sp³-hybridized carbons (Fsp3) is 0.0667. The summed E-state index contributed by atoms with van der Waals surface area (Å²) < 4.78 is 0. The molecule has 0 unspecified atom stereocenters. The van der Waals surface area contributed by atoms with Gasteiger partial charge in [-0.25, -0.2) is 15.0 Å². The van der Waals surface area contributed by atoms with E-state index < -0.39 is 0 Å². The van der Waals surface area contributed by atoms with Gasteiger partial charge in [0.25, 0.3) is 0 Å². The lowest BCUT2D eigenvalue weighted by Crippen LogP contribution is -1.90. The molecule has 0 aromatic carbocycles. The molecule has 0 saturated carbocycles. The predicted octanol–water partition coefficient (Wildman–Crippen LogP) is 3.13. The van der Waals surface area contributed by atoms with E-state index in [4.69, 9.17) is 0 Å². The Balaban J connectivity index is 1.84. The average molecular weight is 308 g/mol. The van der Waals surface area contributed by atoms with Crippen LogP contribution in [0.1, 0.15) is 0 Å². The molecule has 0 fully saturated rings. The normalized spacial score (nSPS) is 11.1. The topological polar surface area (TPSA) is 83.1 Å². The molecular formula is C15H12N6S. The fourth-order valence-corrected chi connectivity index (χ4v) is 2.72. The third-order valence-electron chi connectivity index (χ3n) is 3.42. The lowest BCUT2D eigenvalue weighted by molar-refractivity contribution is 0.976. The van der Waals surface area contributed by atoms with Crippen LogP contribution in [-0.2, 0) is 0 Å². The number of fused-ring (bicyclic) bond motifs is 1. The highest BCUT2D eigenvalue weighted by atomic mass is 32.2. The summed E-state index contributed by atoms with van der Waals surface area (Å²) in [6.45, 7) is 0. The second kappa shape index (κ2) is 5.27. The molecule has 0 saturated heterocycles. The van der Waals surface area contributed by atoms with E-state index in [0.29, 0.717) is 0 Å². The molecule has 0 spiro atoms. The number of nitrogens with one attached hydrogen (secondary N) is 2. The molecule has 0 atom stereocenters. The molecule has 0 radical (unpaired) electrons. The number of pyridine rings is 1. The van der Waals surface area contributed by atoms with E-state index >= 15 is 0 Å². The fourth-order valence-electron chi connectivity index (χ4n) is 2.37. The van der Waals surface area contributed by atoms with Crippen molar-refractivity contribution in [2.75, 3.05) is 6.26 Å². The van der Waals surface area contributed by atoms with Gasteiger partial charge in [-0.2, -0.15) is 5.10 Å². The molecule has 4 rings (SSSR count). The summed E-state index contributed by atoms with van der Waals surface area (Å²) in [4.78, 5) is 16.3. The summed E-state index contributed by atoms with van der Waals surface area (Å²) in [6.07, 6.45) is 9.21. The molecule has 0 bridgehead atoms. The number of aromatic amines is 2. The van der Waals surface area contributed by atoms with Crippen LogP contribution in [0.3, 0.4) is 0 Å². The van der Waals surface area contributed by atoms with E-state index in [0.717, 1.165) is 38.7 Å². The van der Waals surface area contributed by atoms with Gasteiger partial charge in [-0.15, -0.1) is 0 Å². The highest BCUT2D eigenvalue weighted by Crippen LogP contribution is 2.30. The molecule has 0 aliphatic heterocycles. The average Bonchev–Trinajstić information content (AvgIpc) is 3.23. The standard InChI is InChI=1S/C15H12N6S/c1-22-15-17-5-3-12(20-15)11-8-19-21-13(11)10-6-9-2-4-16-14(9)18-7-10/h2-8H,1H3,(H,16,18)(H,19,21). The number of thioether (sulfide) groups is 1. The monoisotopic (exact) mass is 308 g/mol. The Hall–Kier alpha value is -2.67. The first-order valence-corrected chi connectivity index (χ1v) is 7.92. The highest BCUT2D eigenvalue weighted by molar-refractivity contribution is 7.98. The second-order valence-corrected chi connectivity index (χ2v) is 5.50. The maximum Gasteiger partial charge on any atom is 0.187 e. The zero-order chi connectivity index (χ0) is 14.9. The van der Waals surface area contributed by atoms with E-state index in [1.807, 2.05) is 30.8 Å². The molecule has 6 nitrogen and oxygen atoms in total. The summed E-state index contributed by atoms with van der Waals surface area (Å²) in [5.41, 5.74) is 4.54. The van der Waals surface area contributed by atoms with Crippen molar-refractivity contribution in [3.05, 3.63) is 43.0 Å². The first kappa shape index (κ1) is 13.0. The molecule has 22 heavy (non-hydrogen) atoms. The van der Waals surface area contributed by atoms with Crippen molar-refractivity contribution in [2.24, 2.45) is 0 Å². The van der Waals surface area contributed by atoms with Crippen molar-refractivity contribution in [2.45, 2.75) is 5.16 Å². The molecule has 4 aromatic rings. The number of hydrogen-bond acceptors (Lipinski definition) is 5. The van der Waals surface area contributed by atoms with E-state index in [1.165, 1.54) is 11.8 Å². The smallest absolute Gasteiger partial charge is 0.187 e. The van der Waals surface area contributed by atoms with Gasteiger partial charge in [-0.1, -0.05) is 11.8 Å². The van der Waals surface area contributed by atoms with Crippen LogP contribution in [0.4, 0.5) is 0 Å². The minimum absolute atomic E-state index is 0.740. The lowest BCUT2D eigenvalue weighted by Gasteiger charge is -2.04. The Morgan fingerprint density at radius 3 is 3.00 bits per heavy atom. The van der Waals surface area contributed by atoms with E-state index in [-0.39, 0.29) is 0 Å². The highest BCUT2D eigenvalue weighted by Gasteiger charge is 2.13. The van der Waals surface area contributed by atoms with Crippen LogP contribution in [-0.4, -0.2) is 36.4 Å². The number of nitrogens with zero attached hydrogens (tertiary/aromatic N) is 4. The van der Waals surface area contributed by atoms with Gasteiger partial charge in [0.15, 0.2) is 5.16 Å². The largest absolute Gasteiger partial charge is 0.346 e. The van der Waals surface area contributed by atoms with Gasteiger partial charge in [0, 0.05) is 35.1 Å². The first-order valence-electron chi connectivity index (χ1n) is 6.69. The van der Waals surface area contributed by atoms with Crippen LogP contribution in [0.2, 0.25) is 0 Å². The first-order chi connectivity index (χ1) is 10.8. The number of hydrogen-bond donors (Lipinski definition) is 2. The van der Waals surface area contributed by atoms with Gasteiger partial charge in [-0.3, -0.25) is 5.10 Å². The molecule has 2 N–H and O–H groups in total. The van der Waals surface area contributed by atoms with Gasteiger partial charge in [0.1, 0.15) is 5.65 Å². The zero-order valence-electron chi connectivity index (χ0n) is 11.7. The Kier molecular flexibility index (Phi) is 3.12. The molecule has 0 aliphatic carbocycles. The second-order valence-electron chi connectivity index (χ2n) is 4.73. The van der Waals surface area contributed by atoms with Gasteiger partial charge in [0.2, 0.25) is 0 Å². The van der Waals surface area contributed by atoms with Crippen molar-refractivity contribution in [3.8, 4) is 22.5 Å². The SMILES string of the molecule is CSc1nccc(-c2cn[nH]c2-c2cnc3[nH]ccc3c2)n1. The Morgan fingerprint density at radius 1 is 1.14 bits per heavy atom. The quantitative estimate of drug-likeness (QED) is 0.449. The van der Waals surface area contributed by atoms with E-state index in [2.05, 4.69) is 36.2 Å². The molecule has 7 heteroatoms. The summed E-state index contributed by atoms with van der Waals surface area (Å²) in [6, 6.07) is 5.96. The molecule has 4 aromatic heterocycles. The summed E-state index contributed by atoms with van der Waals surface area (Å²) in [5.74, 6) is 0. The minimum atomic E-state index is 0.740. The van der Waals surface area contributed by atoms with Crippen molar-refractivity contribution in [3.63, 3.8) is 0 Å². The number of aromatic nitrogens is 6. The van der Waals surface area contributed by atoms with Crippen LogP contribution in [0.15, 0.2) is 48.1 Å². The molecule has 0 aliphatic rings. The maximum absolute atomic E-state index is 4.54. The molecule has 0 amide bonds. The summed E-state index contributed by atoms with van der Waals surface area (Å²) in [5, 5.41) is 9.02. The molecule has 108 valence electrons. The zero-order valence-corrected chi connectivity index (χ0v) is 12.6.